The lowest BCUT2D eigenvalue weighted by Gasteiger charge is -2.33. The predicted molar refractivity (Wildman–Crippen MR) is 93.1 cm³/mol. The molecule has 1 aromatic carbocycles. The Balaban J connectivity index is 1.51. The van der Waals surface area contributed by atoms with Crippen molar-refractivity contribution < 1.29 is 9.59 Å². The number of carbonyl (C=O) groups excluding carboxylic acids is 2. The minimum atomic E-state index is -0.0253. The molecule has 2 N–H and O–H groups in total. The maximum Gasteiger partial charge on any atom is 0.239 e. The van der Waals surface area contributed by atoms with Gasteiger partial charge >= 0.3 is 0 Å². The second kappa shape index (κ2) is 7.45. The first-order valence-corrected chi connectivity index (χ1v) is 9.02. The van der Waals surface area contributed by atoms with Crippen LogP contribution in [0.15, 0.2) is 28.7 Å². The summed E-state index contributed by atoms with van der Waals surface area (Å²) in [6.07, 6.45) is 3.46. The van der Waals surface area contributed by atoms with Crippen LogP contribution in [0, 0.1) is 5.92 Å². The van der Waals surface area contributed by atoms with E-state index in [-0.39, 0.29) is 23.8 Å². The van der Waals surface area contributed by atoms with Gasteiger partial charge in [0.2, 0.25) is 11.8 Å². The summed E-state index contributed by atoms with van der Waals surface area (Å²) in [5, 5.41) is 6.23. The maximum absolute atomic E-state index is 12.4. The van der Waals surface area contributed by atoms with Crippen LogP contribution in [0.25, 0.3) is 0 Å². The molecule has 2 aliphatic rings. The molecule has 124 valence electrons. The molecule has 0 bridgehead atoms. The Bertz CT molecular complexity index is 579. The standard InChI is InChI=1S/C17H22BrN3O2/c18-13-4-1-2-5-14(13)20-16(22)12-7-10-21(11-8-12)17(23)15-6-3-9-19-15/h1-2,4-5,12,15,19H,3,6-11H2,(H,20,22). The number of amides is 2. The summed E-state index contributed by atoms with van der Waals surface area (Å²) >= 11 is 3.44. The van der Waals surface area contributed by atoms with Gasteiger partial charge in [-0.3, -0.25) is 9.59 Å². The molecule has 1 unspecified atom stereocenters. The fraction of sp³-hybridized carbons (Fsp3) is 0.529. The van der Waals surface area contributed by atoms with E-state index in [0.717, 1.165) is 42.4 Å². The predicted octanol–water partition coefficient (Wildman–Crippen LogP) is 2.38. The Morgan fingerprint density at radius 3 is 2.57 bits per heavy atom. The van der Waals surface area contributed by atoms with Crippen molar-refractivity contribution in [2.24, 2.45) is 5.92 Å². The Morgan fingerprint density at radius 2 is 1.91 bits per heavy atom. The average Bonchev–Trinajstić information content (AvgIpc) is 3.11. The topological polar surface area (TPSA) is 61.4 Å². The van der Waals surface area contributed by atoms with Crippen molar-refractivity contribution in [3.8, 4) is 0 Å². The number of halogens is 1. The number of benzene rings is 1. The van der Waals surface area contributed by atoms with Crippen molar-refractivity contribution in [1.82, 2.24) is 10.2 Å². The number of likely N-dealkylation sites (tertiary alicyclic amines) is 1. The van der Waals surface area contributed by atoms with Gasteiger partial charge in [-0.2, -0.15) is 0 Å². The zero-order valence-electron chi connectivity index (χ0n) is 13.1. The normalized spacial score (nSPS) is 22.1. The molecule has 2 aliphatic heterocycles. The fourth-order valence-corrected chi connectivity index (χ4v) is 3.66. The van der Waals surface area contributed by atoms with E-state index < -0.39 is 0 Å². The average molecular weight is 380 g/mol. The van der Waals surface area contributed by atoms with Crippen LogP contribution in [0.1, 0.15) is 25.7 Å². The number of carbonyl (C=O) groups is 2. The van der Waals surface area contributed by atoms with E-state index in [1.807, 2.05) is 29.2 Å². The Morgan fingerprint density at radius 1 is 1.17 bits per heavy atom. The van der Waals surface area contributed by atoms with Crippen LogP contribution in [0.2, 0.25) is 0 Å². The van der Waals surface area contributed by atoms with Gasteiger partial charge in [-0.1, -0.05) is 12.1 Å². The van der Waals surface area contributed by atoms with Gasteiger partial charge in [-0.25, -0.2) is 0 Å². The lowest BCUT2D eigenvalue weighted by Crippen LogP contribution is -2.48. The molecular formula is C17H22BrN3O2. The number of hydrogen-bond acceptors (Lipinski definition) is 3. The van der Waals surface area contributed by atoms with E-state index in [9.17, 15) is 9.59 Å². The molecule has 0 saturated carbocycles. The van der Waals surface area contributed by atoms with Crippen LogP contribution in [-0.2, 0) is 9.59 Å². The van der Waals surface area contributed by atoms with E-state index in [1.165, 1.54) is 0 Å². The minimum absolute atomic E-state index is 0.0133. The van der Waals surface area contributed by atoms with Gasteiger partial charge < -0.3 is 15.5 Å². The van der Waals surface area contributed by atoms with Gasteiger partial charge in [0, 0.05) is 23.5 Å². The molecular weight excluding hydrogens is 358 g/mol. The van der Waals surface area contributed by atoms with Gasteiger partial charge in [0.05, 0.1) is 11.7 Å². The van der Waals surface area contributed by atoms with E-state index in [4.69, 9.17) is 0 Å². The summed E-state index contributed by atoms with van der Waals surface area (Å²) in [6, 6.07) is 7.59. The molecule has 23 heavy (non-hydrogen) atoms. The van der Waals surface area contributed by atoms with E-state index >= 15 is 0 Å². The molecule has 6 heteroatoms. The molecule has 0 aliphatic carbocycles. The highest BCUT2D eigenvalue weighted by Gasteiger charge is 2.31. The van der Waals surface area contributed by atoms with Crippen LogP contribution in [0.4, 0.5) is 5.69 Å². The molecule has 3 rings (SSSR count). The van der Waals surface area contributed by atoms with Gasteiger partial charge in [0.1, 0.15) is 0 Å². The second-order valence-electron chi connectivity index (χ2n) is 6.22. The van der Waals surface area contributed by atoms with Crippen molar-refractivity contribution in [3.05, 3.63) is 28.7 Å². The molecule has 1 aromatic rings. The summed E-state index contributed by atoms with van der Waals surface area (Å²) in [5.74, 6) is 0.220. The SMILES string of the molecule is O=C(Nc1ccccc1Br)C1CCN(C(=O)C2CCCN2)CC1. The number of anilines is 1. The van der Waals surface area contributed by atoms with Gasteiger partial charge in [0.15, 0.2) is 0 Å². The lowest BCUT2D eigenvalue weighted by molar-refractivity contribution is -0.136. The molecule has 2 amide bonds. The first kappa shape index (κ1) is 16.5. The quantitative estimate of drug-likeness (QED) is 0.847. The molecule has 5 nitrogen and oxygen atoms in total. The molecule has 0 radical (unpaired) electrons. The minimum Gasteiger partial charge on any atom is -0.341 e. The van der Waals surface area contributed by atoms with Crippen LogP contribution < -0.4 is 10.6 Å². The number of hydrogen-bond donors (Lipinski definition) is 2. The van der Waals surface area contributed by atoms with Crippen molar-refractivity contribution >= 4 is 33.4 Å². The van der Waals surface area contributed by atoms with Crippen LogP contribution in [-0.4, -0.2) is 42.4 Å². The number of piperidine rings is 1. The summed E-state index contributed by atoms with van der Waals surface area (Å²) in [6.45, 7) is 2.28. The third kappa shape index (κ3) is 3.93. The van der Waals surface area contributed by atoms with E-state index in [2.05, 4.69) is 26.6 Å². The van der Waals surface area contributed by atoms with Crippen LogP contribution >= 0.6 is 15.9 Å². The number of nitrogens with zero attached hydrogens (tertiary/aromatic N) is 1. The molecule has 2 heterocycles. The molecule has 1 atom stereocenters. The Hall–Kier alpha value is -1.40. The smallest absolute Gasteiger partial charge is 0.239 e. The molecule has 2 fully saturated rings. The van der Waals surface area contributed by atoms with E-state index in [1.54, 1.807) is 0 Å². The fourth-order valence-electron chi connectivity index (χ4n) is 3.28. The van der Waals surface area contributed by atoms with Crippen molar-refractivity contribution in [2.75, 3.05) is 25.0 Å². The van der Waals surface area contributed by atoms with Crippen molar-refractivity contribution in [1.29, 1.82) is 0 Å². The van der Waals surface area contributed by atoms with E-state index in [0.29, 0.717) is 13.1 Å². The zero-order valence-corrected chi connectivity index (χ0v) is 14.6. The number of nitrogens with one attached hydrogen (secondary N) is 2. The first-order valence-electron chi connectivity index (χ1n) is 8.22. The van der Waals surface area contributed by atoms with Gasteiger partial charge in [0.25, 0.3) is 0 Å². The van der Waals surface area contributed by atoms with Gasteiger partial charge in [-0.05, 0) is 60.3 Å². The highest BCUT2D eigenvalue weighted by molar-refractivity contribution is 9.10. The molecule has 0 aromatic heterocycles. The summed E-state index contributed by atoms with van der Waals surface area (Å²) in [5.41, 5.74) is 0.797. The number of rotatable bonds is 3. The maximum atomic E-state index is 12.4. The van der Waals surface area contributed by atoms with Gasteiger partial charge in [-0.15, -0.1) is 0 Å². The highest BCUT2D eigenvalue weighted by atomic mass is 79.9. The Kier molecular flexibility index (Phi) is 5.33. The summed E-state index contributed by atoms with van der Waals surface area (Å²) in [7, 11) is 0. The lowest BCUT2D eigenvalue weighted by atomic mass is 9.95. The monoisotopic (exact) mass is 379 g/mol. The molecule has 2 saturated heterocycles. The van der Waals surface area contributed by atoms with Crippen LogP contribution in [0.5, 0.6) is 0 Å². The Labute approximate surface area is 144 Å². The largest absolute Gasteiger partial charge is 0.341 e. The first-order chi connectivity index (χ1) is 11.1. The number of para-hydroxylation sites is 1. The molecule has 0 spiro atoms. The summed E-state index contributed by atoms with van der Waals surface area (Å²) in [4.78, 5) is 26.7. The highest BCUT2D eigenvalue weighted by Crippen LogP contribution is 2.25. The summed E-state index contributed by atoms with van der Waals surface area (Å²) < 4.78 is 0.883. The third-order valence-corrected chi connectivity index (χ3v) is 5.36. The zero-order chi connectivity index (χ0) is 16.2. The second-order valence-corrected chi connectivity index (χ2v) is 7.07. The van der Waals surface area contributed by atoms with Crippen molar-refractivity contribution in [2.45, 2.75) is 31.7 Å². The van der Waals surface area contributed by atoms with Crippen LogP contribution in [0.3, 0.4) is 0 Å². The third-order valence-electron chi connectivity index (χ3n) is 4.67. The van der Waals surface area contributed by atoms with Crippen molar-refractivity contribution in [3.63, 3.8) is 0 Å².